The molecule has 1 saturated heterocycles. The zero-order chi connectivity index (χ0) is 19.2. The number of hydrogen-bond acceptors (Lipinski definition) is 5. The monoisotopic (exact) mass is 365 g/mol. The summed E-state index contributed by atoms with van der Waals surface area (Å²) in [6.45, 7) is 8.99. The van der Waals surface area contributed by atoms with Crippen LogP contribution in [-0.2, 0) is 0 Å². The van der Waals surface area contributed by atoms with E-state index in [0.717, 1.165) is 26.2 Å². The molecule has 2 aromatic carbocycles. The Morgan fingerprint density at radius 1 is 1.07 bits per heavy atom. The van der Waals surface area contributed by atoms with E-state index in [2.05, 4.69) is 47.9 Å². The quantitative estimate of drug-likeness (QED) is 0.853. The molecule has 1 atom stereocenters. The molecule has 1 heterocycles. The third-order valence-electron chi connectivity index (χ3n) is 5.18. The van der Waals surface area contributed by atoms with Crippen LogP contribution in [0.15, 0.2) is 42.5 Å². The van der Waals surface area contributed by atoms with Crippen LogP contribution in [-0.4, -0.2) is 55.4 Å². The lowest BCUT2D eigenvalue weighted by Crippen LogP contribution is -2.49. The van der Waals surface area contributed by atoms with E-state index in [4.69, 9.17) is 10.00 Å². The van der Waals surface area contributed by atoms with E-state index in [9.17, 15) is 5.11 Å². The Morgan fingerprint density at radius 2 is 1.78 bits per heavy atom. The molecule has 3 rings (SSSR count). The molecule has 0 aliphatic carbocycles. The van der Waals surface area contributed by atoms with E-state index in [1.54, 1.807) is 24.3 Å². The molecule has 0 unspecified atom stereocenters. The van der Waals surface area contributed by atoms with Gasteiger partial charge in [-0.15, -0.1) is 0 Å². The summed E-state index contributed by atoms with van der Waals surface area (Å²) in [4.78, 5) is 4.72. The normalized spacial score (nSPS) is 16.0. The van der Waals surface area contributed by atoms with Crippen molar-refractivity contribution in [3.63, 3.8) is 0 Å². The van der Waals surface area contributed by atoms with Gasteiger partial charge in [0, 0.05) is 38.4 Å². The smallest absolute Gasteiger partial charge is 0.119 e. The molecule has 1 N–H and O–H groups in total. The molecular formula is C22H27N3O2. The van der Waals surface area contributed by atoms with Crippen LogP contribution in [0.5, 0.6) is 5.75 Å². The van der Waals surface area contributed by atoms with Gasteiger partial charge in [0.2, 0.25) is 0 Å². The van der Waals surface area contributed by atoms with Crippen molar-refractivity contribution in [3.8, 4) is 11.8 Å². The predicted molar refractivity (Wildman–Crippen MR) is 107 cm³/mol. The molecule has 1 fully saturated rings. The fraction of sp³-hybridized carbons (Fsp3) is 0.409. The van der Waals surface area contributed by atoms with E-state index < -0.39 is 6.10 Å². The van der Waals surface area contributed by atoms with Crippen molar-refractivity contribution in [3.05, 3.63) is 59.2 Å². The van der Waals surface area contributed by atoms with E-state index >= 15 is 0 Å². The summed E-state index contributed by atoms with van der Waals surface area (Å²) < 4.78 is 5.63. The number of anilines is 1. The fourth-order valence-corrected chi connectivity index (χ4v) is 3.42. The highest BCUT2D eigenvalue weighted by molar-refractivity contribution is 5.56. The van der Waals surface area contributed by atoms with Gasteiger partial charge in [0.15, 0.2) is 0 Å². The van der Waals surface area contributed by atoms with Crippen LogP contribution in [0, 0.1) is 25.2 Å². The summed E-state index contributed by atoms with van der Waals surface area (Å²) in [6, 6.07) is 15.5. The average Bonchev–Trinajstić information content (AvgIpc) is 2.70. The molecule has 0 aromatic heterocycles. The third kappa shape index (κ3) is 5.00. The van der Waals surface area contributed by atoms with Crippen molar-refractivity contribution in [1.82, 2.24) is 4.90 Å². The van der Waals surface area contributed by atoms with Crippen LogP contribution in [0.2, 0.25) is 0 Å². The first-order valence-electron chi connectivity index (χ1n) is 9.41. The van der Waals surface area contributed by atoms with Gasteiger partial charge in [-0.2, -0.15) is 5.26 Å². The molecule has 0 bridgehead atoms. The lowest BCUT2D eigenvalue weighted by Gasteiger charge is -2.37. The number of aliphatic hydroxyl groups is 1. The lowest BCUT2D eigenvalue weighted by atomic mass is 10.1. The number of aliphatic hydroxyl groups excluding tert-OH is 1. The van der Waals surface area contributed by atoms with Gasteiger partial charge in [0.25, 0.3) is 0 Å². The molecule has 2 aromatic rings. The highest BCUT2D eigenvalue weighted by atomic mass is 16.5. The van der Waals surface area contributed by atoms with Gasteiger partial charge >= 0.3 is 0 Å². The first-order chi connectivity index (χ1) is 13.1. The summed E-state index contributed by atoms with van der Waals surface area (Å²) in [5.74, 6) is 0.674. The minimum absolute atomic E-state index is 0.253. The number of aryl methyl sites for hydroxylation is 1. The Hall–Kier alpha value is -2.55. The molecule has 1 aliphatic rings. The molecule has 5 heteroatoms. The van der Waals surface area contributed by atoms with Gasteiger partial charge in [-0.1, -0.05) is 12.1 Å². The van der Waals surface area contributed by atoms with Gasteiger partial charge in [0.1, 0.15) is 18.5 Å². The van der Waals surface area contributed by atoms with Gasteiger partial charge in [-0.3, -0.25) is 4.90 Å². The molecule has 1 aliphatic heterocycles. The van der Waals surface area contributed by atoms with Crippen molar-refractivity contribution in [1.29, 1.82) is 5.26 Å². The largest absolute Gasteiger partial charge is 0.491 e. The second kappa shape index (κ2) is 8.90. The van der Waals surface area contributed by atoms with Crippen molar-refractivity contribution >= 4 is 5.69 Å². The minimum atomic E-state index is -0.534. The highest BCUT2D eigenvalue weighted by Crippen LogP contribution is 2.23. The van der Waals surface area contributed by atoms with Crippen molar-refractivity contribution < 1.29 is 9.84 Å². The maximum Gasteiger partial charge on any atom is 0.119 e. The molecule has 27 heavy (non-hydrogen) atoms. The van der Waals surface area contributed by atoms with Gasteiger partial charge in [-0.25, -0.2) is 0 Å². The van der Waals surface area contributed by atoms with Crippen LogP contribution >= 0.6 is 0 Å². The van der Waals surface area contributed by atoms with Crippen LogP contribution in [0.3, 0.4) is 0 Å². The van der Waals surface area contributed by atoms with E-state index in [0.29, 0.717) is 17.9 Å². The lowest BCUT2D eigenvalue weighted by molar-refractivity contribution is 0.0663. The number of nitrogens with zero attached hydrogens (tertiary/aromatic N) is 3. The molecule has 0 saturated carbocycles. The maximum atomic E-state index is 10.3. The zero-order valence-electron chi connectivity index (χ0n) is 16.1. The van der Waals surface area contributed by atoms with E-state index in [1.807, 2.05) is 0 Å². The minimum Gasteiger partial charge on any atom is -0.491 e. The highest BCUT2D eigenvalue weighted by Gasteiger charge is 2.20. The number of benzene rings is 2. The second-order valence-corrected chi connectivity index (χ2v) is 7.11. The summed E-state index contributed by atoms with van der Waals surface area (Å²) >= 11 is 0. The van der Waals surface area contributed by atoms with Crippen molar-refractivity contribution in [2.75, 3.05) is 44.2 Å². The topological polar surface area (TPSA) is 59.7 Å². The predicted octanol–water partition coefficient (Wildman–Crippen LogP) is 2.74. The summed E-state index contributed by atoms with van der Waals surface area (Å²) in [5, 5.41) is 19.1. The zero-order valence-corrected chi connectivity index (χ0v) is 16.1. The molecule has 142 valence electrons. The molecule has 0 radical (unpaired) electrons. The average molecular weight is 365 g/mol. The number of hydrogen-bond donors (Lipinski definition) is 1. The standard InChI is InChI=1S/C22H27N3O2/c1-17-4-3-5-22(18(17)2)25-12-10-24(11-13-25)15-20(26)16-27-21-8-6-19(14-23)7-9-21/h3-9,20,26H,10-13,15-16H2,1-2H3/t20-/m1/s1. The Labute approximate surface area is 161 Å². The summed E-state index contributed by atoms with van der Waals surface area (Å²) in [7, 11) is 0. The second-order valence-electron chi connectivity index (χ2n) is 7.11. The number of piperazine rings is 1. The van der Waals surface area contributed by atoms with Crippen LogP contribution in [0.4, 0.5) is 5.69 Å². The van der Waals surface area contributed by atoms with Gasteiger partial charge < -0.3 is 14.7 Å². The van der Waals surface area contributed by atoms with Crippen LogP contribution in [0.25, 0.3) is 0 Å². The Bertz CT molecular complexity index is 790. The van der Waals surface area contributed by atoms with E-state index in [1.165, 1.54) is 16.8 Å². The van der Waals surface area contributed by atoms with Gasteiger partial charge in [-0.05, 0) is 55.3 Å². The van der Waals surface area contributed by atoms with Gasteiger partial charge in [0.05, 0.1) is 11.6 Å². The van der Waals surface area contributed by atoms with Crippen molar-refractivity contribution in [2.24, 2.45) is 0 Å². The first kappa shape index (κ1) is 19.2. The number of nitriles is 1. The third-order valence-corrected chi connectivity index (χ3v) is 5.18. The fourth-order valence-electron chi connectivity index (χ4n) is 3.42. The Balaban J connectivity index is 1.44. The molecular weight excluding hydrogens is 338 g/mol. The summed E-state index contributed by atoms with van der Waals surface area (Å²) in [5.41, 5.74) is 4.59. The SMILES string of the molecule is Cc1cccc(N2CCN(C[C@@H](O)COc3ccc(C#N)cc3)CC2)c1C. The van der Waals surface area contributed by atoms with Crippen molar-refractivity contribution in [2.45, 2.75) is 20.0 Å². The maximum absolute atomic E-state index is 10.3. The molecule has 0 spiro atoms. The molecule has 0 amide bonds. The number of ether oxygens (including phenoxy) is 1. The van der Waals surface area contributed by atoms with E-state index in [-0.39, 0.29) is 6.61 Å². The Kier molecular flexibility index (Phi) is 6.33. The first-order valence-corrected chi connectivity index (χ1v) is 9.41. The Morgan fingerprint density at radius 3 is 2.44 bits per heavy atom. The summed E-state index contributed by atoms with van der Waals surface area (Å²) in [6.07, 6.45) is -0.534. The number of β-amino-alcohol motifs (C(OH)–C–C–N with tert-alkyl or cyclic N) is 1. The number of rotatable bonds is 6. The molecule has 5 nitrogen and oxygen atoms in total. The van der Waals surface area contributed by atoms with Crippen LogP contribution in [0.1, 0.15) is 16.7 Å². The van der Waals surface area contributed by atoms with Crippen LogP contribution < -0.4 is 9.64 Å².